The van der Waals surface area contributed by atoms with E-state index in [1.807, 2.05) is 4.90 Å². The Balaban J connectivity index is 1.78. The first-order chi connectivity index (χ1) is 13.8. The van der Waals surface area contributed by atoms with Crippen LogP contribution in [0.5, 0.6) is 0 Å². The molecule has 1 aromatic carbocycles. The zero-order chi connectivity index (χ0) is 21.0. The quantitative estimate of drug-likeness (QED) is 0.790. The lowest BCUT2D eigenvalue weighted by Gasteiger charge is -2.28. The van der Waals surface area contributed by atoms with Crippen LogP contribution in [0.25, 0.3) is 0 Å². The summed E-state index contributed by atoms with van der Waals surface area (Å²) >= 11 is 0. The smallest absolute Gasteiger partial charge is 0.418 e. The molecule has 0 bridgehead atoms. The lowest BCUT2D eigenvalue weighted by atomic mass is 10.1. The minimum Gasteiger partial charge on any atom is -0.478 e. The van der Waals surface area contributed by atoms with Gasteiger partial charge in [0.25, 0.3) is 5.91 Å². The highest BCUT2D eigenvalue weighted by molar-refractivity contribution is 5.95. The number of alkyl halides is 3. The van der Waals surface area contributed by atoms with Crippen molar-refractivity contribution in [3.8, 4) is 0 Å². The van der Waals surface area contributed by atoms with E-state index in [1.54, 1.807) is 0 Å². The molecule has 3 rings (SSSR count). The molecule has 0 spiro atoms. The van der Waals surface area contributed by atoms with Gasteiger partial charge >= 0.3 is 12.1 Å². The first kappa shape index (κ1) is 20.6. The SMILES string of the molecule is O=C(O)c1ccc(C(=O)NCc2cc(N3CCCCC3)ncc2C(F)(F)F)cc1. The lowest BCUT2D eigenvalue weighted by Crippen LogP contribution is -2.31. The van der Waals surface area contributed by atoms with Crippen LogP contribution in [0.3, 0.4) is 0 Å². The van der Waals surface area contributed by atoms with Crippen LogP contribution in [0.1, 0.15) is 51.1 Å². The molecule has 9 heteroatoms. The number of aromatic nitrogens is 1. The summed E-state index contributed by atoms with van der Waals surface area (Å²) in [7, 11) is 0. The molecule has 0 unspecified atom stereocenters. The Kier molecular flexibility index (Phi) is 6.05. The highest BCUT2D eigenvalue weighted by atomic mass is 19.4. The molecule has 29 heavy (non-hydrogen) atoms. The molecule has 1 aliphatic rings. The van der Waals surface area contributed by atoms with Crippen molar-refractivity contribution in [1.29, 1.82) is 0 Å². The van der Waals surface area contributed by atoms with E-state index in [0.717, 1.165) is 38.5 Å². The monoisotopic (exact) mass is 407 g/mol. The number of nitrogens with one attached hydrogen (secondary N) is 1. The average molecular weight is 407 g/mol. The summed E-state index contributed by atoms with van der Waals surface area (Å²) in [6.45, 7) is 1.15. The average Bonchev–Trinajstić information content (AvgIpc) is 2.71. The lowest BCUT2D eigenvalue weighted by molar-refractivity contribution is -0.138. The fourth-order valence-electron chi connectivity index (χ4n) is 3.22. The van der Waals surface area contributed by atoms with E-state index in [4.69, 9.17) is 5.11 Å². The molecular weight excluding hydrogens is 387 g/mol. The first-order valence-corrected chi connectivity index (χ1v) is 9.18. The van der Waals surface area contributed by atoms with E-state index in [9.17, 15) is 22.8 Å². The van der Waals surface area contributed by atoms with Crippen LogP contribution in [0.4, 0.5) is 19.0 Å². The fourth-order valence-corrected chi connectivity index (χ4v) is 3.22. The standard InChI is InChI=1S/C20H20F3N3O3/c21-20(22,23)16-12-24-17(26-8-2-1-3-9-26)10-15(16)11-25-18(27)13-4-6-14(7-5-13)19(28)29/h4-7,10,12H,1-3,8-9,11H2,(H,25,27)(H,28,29). The molecule has 2 N–H and O–H groups in total. The molecule has 0 aliphatic carbocycles. The highest BCUT2D eigenvalue weighted by Gasteiger charge is 2.34. The number of hydrogen-bond acceptors (Lipinski definition) is 4. The van der Waals surface area contributed by atoms with Crippen LogP contribution in [-0.2, 0) is 12.7 Å². The topological polar surface area (TPSA) is 82.5 Å². The molecule has 6 nitrogen and oxygen atoms in total. The Hall–Kier alpha value is -3.10. The van der Waals surface area contributed by atoms with Gasteiger partial charge in [0.15, 0.2) is 0 Å². The third-order valence-corrected chi connectivity index (χ3v) is 4.79. The molecule has 1 amide bonds. The minimum atomic E-state index is -4.59. The van der Waals surface area contributed by atoms with Crippen LogP contribution in [0.2, 0.25) is 0 Å². The van der Waals surface area contributed by atoms with Gasteiger partial charge in [-0.2, -0.15) is 13.2 Å². The molecule has 2 heterocycles. The first-order valence-electron chi connectivity index (χ1n) is 9.18. The number of piperidine rings is 1. The number of hydrogen-bond donors (Lipinski definition) is 2. The van der Waals surface area contributed by atoms with Crippen molar-refractivity contribution >= 4 is 17.7 Å². The predicted octanol–water partition coefficient (Wildman–Crippen LogP) is 3.72. The predicted molar refractivity (Wildman–Crippen MR) is 99.9 cm³/mol. The van der Waals surface area contributed by atoms with Crippen LogP contribution >= 0.6 is 0 Å². The maximum atomic E-state index is 13.4. The third kappa shape index (κ3) is 5.04. The van der Waals surface area contributed by atoms with Crippen LogP contribution in [0, 0.1) is 0 Å². The second-order valence-corrected chi connectivity index (χ2v) is 6.81. The Morgan fingerprint density at radius 1 is 1.07 bits per heavy atom. The van der Waals surface area contributed by atoms with Gasteiger partial charge in [0.2, 0.25) is 0 Å². The molecular formula is C20H20F3N3O3. The van der Waals surface area contributed by atoms with Gasteiger partial charge in [-0.3, -0.25) is 4.79 Å². The number of rotatable bonds is 5. The van der Waals surface area contributed by atoms with Crippen molar-refractivity contribution in [3.63, 3.8) is 0 Å². The van der Waals surface area contributed by atoms with Crippen LogP contribution in [-0.4, -0.2) is 35.1 Å². The van der Waals surface area contributed by atoms with Gasteiger partial charge in [0, 0.05) is 31.4 Å². The van der Waals surface area contributed by atoms with E-state index in [1.165, 1.54) is 30.3 Å². The van der Waals surface area contributed by atoms with Crippen molar-refractivity contribution in [2.75, 3.05) is 18.0 Å². The van der Waals surface area contributed by atoms with E-state index in [-0.39, 0.29) is 23.2 Å². The molecule has 1 saturated heterocycles. The van der Waals surface area contributed by atoms with Gasteiger partial charge in [-0.05, 0) is 55.2 Å². The molecule has 1 aromatic heterocycles. The van der Waals surface area contributed by atoms with Crippen molar-refractivity contribution < 1.29 is 27.9 Å². The van der Waals surface area contributed by atoms with Crippen molar-refractivity contribution in [2.45, 2.75) is 32.0 Å². The summed E-state index contributed by atoms with van der Waals surface area (Å²) in [5.41, 5.74) is -0.779. The number of carbonyl (C=O) groups excluding carboxylic acids is 1. The molecule has 2 aromatic rings. The van der Waals surface area contributed by atoms with E-state index >= 15 is 0 Å². The van der Waals surface area contributed by atoms with Crippen molar-refractivity contribution in [2.24, 2.45) is 0 Å². The second-order valence-electron chi connectivity index (χ2n) is 6.81. The zero-order valence-corrected chi connectivity index (χ0v) is 15.5. The molecule has 1 fully saturated rings. The summed E-state index contributed by atoms with van der Waals surface area (Å²) in [6.07, 6.45) is -0.771. The van der Waals surface area contributed by atoms with Gasteiger partial charge in [-0.1, -0.05) is 0 Å². The number of carboxylic acid groups (broad SMARTS) is 1. The molecule has 154 valence electrons. The second kappa shape index (κ2) is 8.50. The Bertz CT molecular complexity index is 892. The summed E-state index contributed by atoms with van der Waals surface area (Å²) in [5, 5.41) is 11.4. The van der Waals surface area contributed by atoms with Crippen molar-refractivity contribution in [1.82, 2.24) is 10.3 Å². The Labute approximate surface area is 165 Å². The normalized spacial score (nSPS) is 14.5. The van der Waals surface area contributed by atoms with E-state index in [2.05, 4.69) is 10.3 Å². The molecule has 0 atom stereocenters. The largest absolute Gasteiger partial charge is 0.478 e. The Morgan fingerprint density at radius 2 is 1.69 bits per heavy atom. The van der Waals surface area contributed by atoms with Gasteiger partial charge in [-0.25, -0.2) is 9.78 Å². The minimum absolute atomic E-state index is 0.0150. The number of pyridine rings is 1. The summed E-state index contributed by atoms with van der Waals surface area (Å²) in [6, 6.07) is 6.53. The number of benzene rings is 1. The van der Waals surface area contributed by atoms with Gasteiger partial charge in [0.1, 0.15) is 5.82 Å². The fraction of sp³-hybridized carbons (Fsp3) is 0.350. The number of anilines is 1. The zero-order valence-electron chi connectivity index (χ0n) is 15.5. The molecule has 0 radical (unpaired) electrons. The van der Waals surface area contributed by atoms with Crippen LogP contribution < -0.4 is 10.2 Å². The summed E-state index contributed by atoms with van der Waals surface area (Å²) in [5.74, 6) is -1.26. The highest BCUT2D eigenvalue weighted by Crippen LogP contribution is 2.33. The number of aromatic carboxylic acids is 1. The number of nitrogens with zero attached hydrogens (tertiary/aromatic N) is 2. The molecule has 0 saturated carbocycles. The molecule has 1 aliphatic heterocycles. The summed E-state index contributed by atoms with van der Waals surface area (Å²) < 4.78 is 40.1. The van der Waals surface area contributed by atoms with E-state index in [0.29, 0.717) is 5.82 Å². The van der Waals surface area contributed by atoms with E-state index < -0.39 is 23.6 Å². The van der Waals surface area contributed by atoms with Gasteiger partial charge in [-0.15, -0.1) is 0 Å². The number of carbonyl (C=O) groups is 2. The Morgan fingerprint density at radius 3 is 2.28 bits per heavy atom. The number of amides is 1. The number of carboxylic acids is 1. The van der Waals surface area contributed by atoms with Crippen molar-refractivity contribution in [3.05, 3.63) is 58.8 Å². The van der Waals surface area contributed by atoms with Crippen LogP contribution in [0.15, 0.2) is 36.5 Å². The van der Waals surface area contributed by atoms with Gasteiger partial charge < -0.3 is 15.3 Å². The maximum absolute atomic E-state index is 13.4. The summed E-state index contributed by atoms with van der Waals surface area (Å²) in [4.78, 5) is 29.1. The maximum Gasteiger partial charge on any atom is 0.418 e. The van der Waals surface area contributed by atoms with Gasteiger partial charge in [0.05, 0.1) is 11.1 Å². The number of halogens is 3. The third-order valence-electron chi connectivity index (χ3n) is 4.79.